The van der Waals surface area contributed by atoms with Crippen molar-refractivity contribution in [2.45, 2.75) is 45.4 Å². The molecule has 0 aromatic heterocycles. The average Bonchev–Trinajstić information content (AvgIpc) is 2.73. The molecule has 1 aromatic carbocycles. The lowest BCUT2D eigenvalue weighted by atomic mass is 9.83. The van der Waals surface area contributed by atoms with E-state index in [1.54, 1.807) is 0 Å². The average molecular weight is 337 g/mol. The predicted octanol–water partition coefficient (Wildman–Crippen LogP) is 5.83. The smallest absolute Gasteiger partial charge is 0.126 e. The fourth-order valence-corrected chi connectivity index (χ4v) is 3.68. The maximum absolute atomic E-state index is 6.20. The number of ether oxygens (including phenoxy) is 1. The van der Waals surface area contributed by atoms with Crippen molar-refractivity contribution in [1.29, 1.82) is 0 Å². The van der Waals surface area contributed by atoms with E-state index in [1.807, 2.05) is 6.92 Å². The number of benzene rings is 1. The summed E-state index contributed by atoms with van der Waals surface area (Å²) >= 11 is 3.73. The largest absolute Gasteiger partial charge is 0.492 e. The van der Waals surface area contributed by atoms with Gasteiger partial charge < -0.3 is 4.74 Å². The molecule has 0 atom stereocenters. The maximum Gasteiger partial charge on any atom is 0.126 e. The van der Waals surface area contributed by atoms with E-state index in [-0.39, 0.29) is 0 Å². The standard InChI is InChI=1S/C18H25BrO/c1-2-9-16-10-5-6-11-17(16)20-15-18(14-19)12-7-3-4-8-13-18/h2,5-6,9-11H,3-4,7-8,12-15H2,1H3. The lowest BCUT2D eigenvalue weighted by molar-refractivity contribution is 0.149. The van der Waals surface area contributed by atoms with Crippen molar-refractivity contribution in [3.63, 3.8) is 0 Å². The number of allylic oxidation sites excluding steroid dienone is 1. The Labute approximate surface area is 131 Å². The van der Waals surface area contributed by atoms with Crippen molar-refractivity contribution in [2.75, 3.05) is 11.9 Å². The van der Waals surface area contributed by atoms with Crippen molar-refractivity contribution < 1.29 is 4.74 Å². The second kappa shape index (κ2) is 7.87. The lowest BCUT2D eigenvalue weighted by Gasteiger charge is -2.30. The van der Waals surface area contributed by atoms with Crippen molar-refractivity contribution in [1.82, 2.24) is 0 Å². The van der Waals surface area contributed by atoms with Gasteiger partial charge in [-0.05, 0) is 25.8 Å². The molecule has 1 aliphatic rings. The highest BCUT2D eigenvalue weighted by Crippen LogP contribution is 2.37. The van der Waals surface area contributed by atoms with Crippen molar-refractivity contribution in [2.24, 2.45) is 5.41 Å². The van der Waals surface area contributed by atoms with Gasteiger partial charge in [0.15, 0.2) is 0 Å². The molecule has 110 valence electrons. The Morgan fingerprint density at radius 2 is 1.85 bits per heavy atom. The first-order valence-electron chi connectivity index (χ1n) is 7.70. The number of rotatable bonds is 5. The lowest BCUT2D eigenvalue weighted by Crippen LogP contribution is -2.30. The summed E-state index contributed by atoms with van der Waals surface area (Å²) in [6.07, 6.45) is 12.2. The number of para-hydroxylation sites is 1. The maximum atomic E-state index is 6.20. The van der Waals surface area contributed by atoms with Crippen LogP contribution in [0.15, 0.2) is 30.3 Å². The highest BCUT2D eigenvalue weighted by molar-refractivity contribution is 9.09. The van der Waals surface area contributed by atoms with Gasteiger partial charge in [-0.2, -0.15) is 0 Å². The normalized spacial score (nSPS) is 18.9. The highest BCUT2D eigenvalue weighted by Gasteiger charge is 2.30. The molecule has 0 amide bonds. The summed E-state index contributed by atoms with van der Waals surface area (Å²) in [6, 6.07) is 8.31. The van der Waals surface area contributed by atoms with Crippen LogP contribution in [0.5, 0.6) is 5.75 Å². The molecule has 2 rings (SSSR count). The van der Waals surface area contributed by atoms with Crippen molar-refractivity contribution in [3.8, 4) is 5.75 Å². The van der Waals surface area contributed by atoms with Crippen LogP contribution >= 0.6 is 15.9 Å². The third-order valence-corrected chi connectivity index (χ3v) is 5.44. The van der Waals surface area contributed by atoms with Gasteiger partial charge in [-0.15, -0.1) is 0 Å². The summed E-state index contributed by atoms with van der Waals surface area (Å²) in [7, 11) is 0. The zero-order valence-corrected chi connectivity index (χ0v) is 14.0. The van der Waals surface area contributed by atoms with Crippen molar-refractivity contribution >= 4 is 22.0 Å². The van der Waals surface area contributed by atoms with E-state index in [9.17, 15) is 0 Å². The third-order valence-electron chi connectivity index (χ3n) is 4.25. The summed E-state index contributed by atoms with van der Waals surface area (Å²) in [6.45, 7) is 2.87. The molecular formula is C18H25BrO. The topological polar surface area (TPSA) is 9.23 Å². The monoisotopic (exact) mass is 336 g/mol. The van der Waals surface area contributed by atoms with Gasteiger partial charge >= 0.3 is 0 Å². The molecule has 0 saturated heterocycles. The molecule has 0 unspecified atom stereocenters. The Morgan fingerprint density at radius 3 is 2.50 bits per heavy atom. The molecule has 0 heterocycles. The SMILES string of the molecule is CC=Cc1ccccc1OCC1(CBr)CCCCCC1. The molecular weight excluding hydrogens is 312 g/mol. The second-order valence-electron chi connectivity index (χ2n) is 5.87. The van der Waals surface area contributed by atoms with Crippen LogP contribution in [0.1, 0.15) is 51.0 Å². The van der Waals surface area contributed by atoms with Gasteiger partial charge in [0.1, 0.15) is 5.75 Å². The molecule has 1 fully saturated rings. The molecule has 1 saturated carbocycles. The Kier molecular flexibility index (Phi) is 6.15. The van der Waals surface area contributed by atoms with E-state index in [1.165, 1.54) is 44.1 Å². The first kappa shape index (κ1) is 15.6. The van der Waals surface area contributed by atoms with Crippen LogP contribution in [0.25, 0.3) is 6.08 Å². The van der Waals surface area contributed by atoms with Crippen LogP contribution in [-0.2, 0) is 0 Å². The van der Waals surface area contributed by atoms with Gasteiger partial charge in [0.2, 0.25) is 0 Å². The Bertz CT molecular complexity index is 431. The Balaban J connectivity index is 2.06. The van der Waals surface area contributed by atoms with Gasteiger partial charge in [0, 0.05) is 16.3 Å². The molecule has 1 aromatic rings. The zero-order valence-electron chi connectivity index (χ0n) is 12.4. The minimum absolute atomic E-state index is 0.319. The fraction of sp³-hybridized carbons (Fsp3) is 0.556. The second-order valence-corrected chi connectivity index (χ2v) is 6.44. The Hall–Kier alpha value is -0.760. The van der Waals surface area contributed by atoms with Crippen LogP contribution in [0.4, 0.5) is 0 Å². The fourth-order valence-electron chi connectivity index (χ4n) is 2.96. The number of halogens is 1. The summed E-state index contributed by atoms with van der Waals surface area (Å²) in [5, 5.41) is 1.05. The van der Waals surface area contributed by atoms with Gasteiger partial charge in [0.25, 0.3) is 0 Å². The highest BCUT2D eigenvalue weighted by atomic mass is 79.9. The minimum Gasteiger partial charge on any atom is -0.492 e. The van der Waals surface area contributed by atoms with Crippen LogP contribution in [0.2, 0.25) is 0 Å². The molecule has 1 aliphatic carbocycles. The first-order valence-corrected chi connectivity index (χ1v) is 8.82. The Morgan fingerprint density at radius 1 is 1.15 bits per heavy atom. The van der Waals surface area contributed by atoms with E-state index in [0.717, 1.165) is 17.7 Å². The summed E-state index contributed by atoms with van der Waals surface area (Å²) < 4.78 is 6.20. The van der Waals surface area contributed by atoms with Crippen molar-refractivity contribution in [3.05, 3.63) is 35.9 Å². The molecule has 0 radical (unpaired) electrons. The third kappa shape index (κ3) is 4.12. The van der Waals surface area contributed by atoms with Gasteiger partial charge in [-0.1, -0.05) is 72.0 Å². The van der Waals surface area contributed by atoms with E-state index in [0.29, 0.717) is 5.41 Å². The van der Waals surface area contributed by atoms with Gasteiger partial charge in [-0.3, -0.25) is 0 Å². The quantitative estimate of drug-likeness (QED) is 0.485. The molecule has 0 spiro atoms. The first-order chi connectivity index (χ1) is 9.79. The van der Waals surface area contributed by atoms with E-state index >= 15 is 0 Å². The summed E-state index contributed by atoms with van der Waals surface area (Å²) in [5.41, 5.74) is 1.49. The minimum atomic E-state index is 0.319. The van der Waals surface area contributed by atoms with Crippen LogP contribution in [-0.4, -0.2) is 11.9 Å². The van der Waals surface area contributed by atoms with Gasteiger partial charge in [-0.25, -0.2) is 0 Å². The van der Waals surface area contributed by atoms with Crippen LogP contribution in [0.3, 0.4) is 0 Å². The van der Waals surface area contributed by atoms with Crippen LogP contribution < -0.4 is 4.74 Å². The number of alkyl halides is 1. The molecule has 0 aliphatic heterocycles. The summed E-state index contributed by atoms with van der Waals surface area (Å²) in [5.74, 6) is 1.01. The van der Waals surface area contributed by atoms with E-state index < -0.39 is 0 Å². The van der Waals surface area contributed by atoms with Gasteiger partial charge in [0.05, 0.1) is 6.61 Å². The molecule has 1 nitrogen and oxygen atoms in total. The molecule has 0 N–H and O–H groups in total. The van der Waals surface area contributed by atoms with Crippen LogP contribution in [0, 0.1) is 5.41 Å². The van der Waals surface area contributed by atoms with E-state index in [2.05, 4.69) is 52.3 Å². The number of hydrogen-bond acceptors (Lipinski definition) is 1. The number of hydrogen-bond donors (Lipinski definition) is 0. The molecule has 2 heteroatoms. The van der Waals surface area contributed by atoms with E-state index in [4.69, 9.17) is 4.74 Å². The zero-order chi connectivity index (χ0) is 14.3. The summed E-state index contributed by atoms with van der Waals surface area (Å²) in [4.78, 5) is 0. The molecule has 20 heavy (non-hydrogen) atoms. The molecule has 0 bridgehead atoms. The predicted molar refractivity (Wildman–Crippen MR) is 90.6 cm³/mol.